The van der Waals surface area contributed by atoms with Gasteiger partial charge in [0.05, 0.1) is 0 Å². The number of nitrogens with one attached hydrogen (secondary N) is 1. The summed E-state index contributed by atoms with van der Waals surface area (Å²) in [6, 6.07) is -0.161. The van der Waals surface area contributed by atoms with E-state index >= 15 is 0 Å². The first-order valence-corrected chi connectivity index (χ1v) is 9.89. The number of aromatic nitrogens is 1. The molecule has 0 saturated carbocycles. The van der Waals surface area contributed by atoms with Crippen molar-refractivity contribution in [3.05, 3.63) is 16.1 Å². The molecule has 0 aromatic carbocycles. The van der Waals surface area contributed by atoms with Crippen molar-refractivity contribution in [2.24, 2.45) is 5.92 Å². The van der Waals surface area contributed by atoms with Crippen molar-refractivity contribution in [2.75, 3.05) is 0 Å². The molecule has 1 aromatic rings. The van der Waals surface area contributed by atoms with Crippen molar-refractivity contribution >= 4 is 37.3 Å². The number of carbonyl (C=O) groups excluding carboxylic acids is 1. The van der Waals surface area contributed by atoms with Crippen LogP contribution in [0.25, 0.3) is 0 Å². The van der Waals surface area contributed by atoms with E-state index in [1.807, 2.05) is 13.8 Å². The molecule has 3 atom stereocenters. The summed E-state index contributed by atoms with van der Waals surface area (Å²) >= 11 is 0.807. The number of amides is 1. The monoisotopic (exact) mass is 355 g/mol. The lowest BCUT2D eigenvalue weighted by molar-refractivity contribution is 0.0690. The van der Waals surface area contributed by atoms with Gasteiger partial charge in [0, 0.05) is 17.8 Å². The normalized spacial score (nSPS) is 15.0. The number of carboxylic acids is 1. The van der Waals surface area contributed by atoms with Gasteiger partial charge in [0.25, 0.3) is 0 Å². The van der Waals surface area contributed by atoms with Crippen LogP contribution in [0.5, 0.6) is 0 Å². The highest BCUT2D eigenvalue weighted by molar-refractivity contribution is 7.09. The van der Waals surface area contributed by atoms with Crippen molar-refractivity contribution in [1.29, 1.82) is 0 Å². The number of aliphatic hydroxyl groups excluding tert-OH is 1. The molecule has 0 aliphatic heterocycles. The molecule has 2 unspecified atom stereocenters. The molecule has 1 radical (unpaired) electrons. The molecule has 0 fully saturated rings. The van der Waals surface area contributed by atoms with Crippen molar-refractivity contribution in [3.63, 3.8) is 0 Å². The molecule has 23 heavy (non-hydrogen) atoms. The van der Waals surface area contributed by atoms with Gasteiger partial charge in [-0.3, -0.25) is 4.79 Å². The largest absolute Gasteiger partial charge is 0.476 e. The molecular formula is C15H24AlN2O4S. The Kier molecular flexibility index (Phi) is 8.20. The number of thiazole rings is 1. The summed E-state index contributed by atoms with van der Waals surface area (Å²) < 4.78 is 0.473. The van der Waals surface area contributed by atoms with Gasteiger partial charge in [-0.15, -0.1) is 11.3 Å². The van der Waals surface area contributed by atoms with Crippen molar-refractivity contribution in [3.8, 4) is 0 Å². The quantitative estimate of drug-likeness (QED) is 0.592. The number of carbonyl (C=O) groups is 2. The standard InChI is InChI=1S/C11H15N2O4S.C4H9.Al/c1-6(2)7(12-5-14)3-9(15)10-13-8(4-18-10)11(16)17;1-3-4-2;/h4,6-7,9,15H,3H2,1-2H3,(H,12,14)(H,16,17);3H,4H2,1-2H3;. The second-order valence-electron chi connectivity index (χ2n) is 6.04. The van der Waals surface area contributed by atoms with Crippen LogP contribution in [-0.4, -0.2) is 47.2 Å². The van der Waals surface area contributed by atoms with Gasteiger partial charge in [0.1, 0.15) is 15.9 Å². The average molecular weight is 355 g/mol. The summed E-state index contributed by atoms with van der Waals surface area (Å²) in [5, 5.41) is 24.0. The first-order valence-electron chi connectivity index (χ1n) is 7.76. The smallest absolute Gasteiger partial charge is 0.355 e. The fourth-order valence-electron chi connectivity index (χ4n) is 1.99. The minimum absolute atomic E-state index is 0.0598. The van der Waals surface area contributed by atoms with Crippen molar-refractivity contribution in [2.45, 2.75) is 57.5 Å². The summed E-state index contributed by atoms with van der Waals surface area (Å²) in [6.45, 7) is 8.11. The van der Waals surface area contributed by atoms with E-state index in [-0.39, 0.29) is 37.6 Å². The van der Waals surface area contributed by atoms with Crippen LogP contribution in [0.15, 0.2) is 5.38 Å². The summed E-state index contributed by atoms with van der Waals surface area (Å²) in [4.78, 5) is 26.9. The van der Waals surface area contributed by atoms with E-state index in [9.17, 15) is 14.7 Å². The molecule has 6 nitrogen and oxygen atoms in total. The molecule has 8 heteroatoms. The van der Waals surface area contributed by atoms with Crippen LogP contribution >= 0.6 is 11.3 Å². The summed E-state index contributed by atoms with van der Waals surface area (Å²) in [5.41, 5.74) is -0.0598. The maximum Gasteiger partial charge on any atom is 0.355 e. The van der Waals surface area contributed by atoms with E-state index in [0.29, 0.717) is 16.2 Å². The van der Waals surface area contributed by atoms with Crippen LogP contribution in [0.2, 0.25) is 4.78 Å². The predicted molar refractivity (Wildman–Crippen MR) is 91.3 cm³/mol. The Bertz CT molecular complexity index is 535. The van der Waals surface area contributed by atoms with Gasteiger partial charge in [-0.05, 0) is 5.92 Å². The third-order valence-electron chi connectivity index (χ3n) is 3.72. The van der Waals surface area contributed by atoms with E-state index in [4.69, 9.17) is 5.11 Å². The van der Waals surface area contributed by atoms with Gasteiger partial charge in [0.15, 0.2) is 5.69 Å². The lowest BCUT2D eigenvalue weighted by Crippen LogP contribution is -2.41. The van der Waals surface area contributed by atoms with Crippen molar-refractivity contribution in [1.82, 2.24) is 10.3 Å². The first kappa shape index (κ1) is 20.1. The van der Waals surface area contributed by atoms with Gasteiger partial charge in [-0.2, -0.15) is 0 Å². The number of rotatable bonds is 9. The molecule has 0 aliphatic rings. The zero-order valence-corrected chi connectivity index (χ0v) is 15.9. The van der Waals surface area contributed by atoms with E-state index in [1.54, 1.807) is 0 Å². The molecule has 3 N–H and O–H groups in total. The number of aromatic carboxylic acids is 1. The summed E-state index contributed by atoms with van der Waals surface area (Å²) in [5.74, 6) is -0.936. The fourth-order valence-corrected chi connectivity index (χ4v) is 3.84. The maximum atomic E-state index is 12.1. The van der Waals surface area contributed by atoms with E-state index in [2.05, 4.69) is 24.1 Å². The summed E-state index contributed by atoms with van der Waals surface area (Å²) in [7, 11) is 0. The molecule has 0 spiro atoms. The van der Waals surface area contributed by atoms with Gasteiger partial charge >= 0.3 is 21.2 Å². The van der Waals surface area contributed by atoms with Crippen LogP contribution in [-0.2, 0) is 0 Å². The highest BCUT2D eigenvalue weighted by atomic mass is 32.1. The Hall–Kier alpha value is -0.938. The number of aliphatic hydroxyl groups is 1. The zero-order valence-electron chi connectivity index (χ0n) is 13.9. The van der Waals surface area contributed by atoms with Crippen LogP contribution in [0.4, 0.5) is 4.79 Å². The first-order chi connectivity index (χ1) is 10.7. The lowest BCUT2D eigenvalue weighted by Gasteiger charge is -2.25. The third-order valence-corrected chi connectivity index (χ3v) is 6.17. The molecular weight excluding hydrogens is 331 g/mol. The SMILES string of the molecule is CC[C@H](C)[Al][C](=O)NC(CC(O)c1nc(C(=O)O)cs1)C(C)C. The molecule has 127 valence electrons. The molecule has 1 heterocycles. The van der Waals surface area contributed by atoms with Gasteiger partial charge in [-0.1, -0.05) is 38.9 Å². The molecule has 0 bridgehead atoms. The highest BCUT2D eigenvalue weighted by Gasteiger charge is 2.24. The predicted octanol–water partition coefficient (Wildman–Crippen LogP) is 2.92. The fraction of sp³-hybridized carbons (Fsp3) is 0.667. The van der Waals surface area contributed by atoms with E-state index < -0.39 is 12.1 Å². The Morgan fingerprint density at radius 2 is 2.04 bits per heavy atom. The number of nitrogens with zero attached hydrogens (tertiary/aromatic N) is 1. The van der Waals surface area contributed by atoms with Crippen LogP contribution in [0, 0.1) is 5.92 Å². The summed E-state index contributed by atoms with van der Waals surface area (Å²) in [6.07, 6.45) is 0.435. The van der Waals surface area contributed by atoms with Gasteiger partial charge in [-0.25, -0.2) is 9.78 Å². The molecule has 0 aliphatic carbocycles. The minimum atomic E-state index is -1.11. The van der Waals surface area contributed by atoms with E-state index in [1.165, 1.54) is 5.38 Å². The second kappa shape index (κ2) is 9.38. The molecule has 1 rings (SSSR count). The second-order valence-corrected chi connectivity index (χ2v) is 8.92. The number of hydrogen-bond acceptors (Lipinski definition) is 5. The Balaban J connectivity index is 2.67. The molecule has 0 saturated heterocycles. The van der Waals surface area contributed by atoms with Gasteiger partial charge in [0.2, 0.25) is 0 Å². The minimum Gasteiger partial charge on any atom is -0.476 e. The van der Waals surface area contributed by atoms with Gasteiger partial charge < -0.3 is 15.5 Å². The maximum absolute atomic E-state index is 12.1. The molecule has 1 aromatic heterocycles. The Labute approximate surface area is 147 Å². The van der Waals surface area contributed by atoms with Crippen LogP contribution < -0.4 is 5.32 Å². The number of carboxylic acid groups (broad SMARTS) is 1. The van der Waals surface area contributed by atoms with Crippen LogP contribution in [0.1, 0.15) is 62.1 Å². The Morgan fingerprint density at radius 1 is 1.39 bits per heavy atom. The number of hydrogen-bond donors (Lipinski definition) is 3. The lowest BCUT2D eigenvalue weighted by atomic mass is 9.98. The third kappa shape index (κ3) is 6.60. The topological polar surface area (TPSA) is 99.5 Å². The van der Waals surface area contributed by atoms with E-state index in [0.717, 1.165) is 17.8 Å². The van der Waals surface area contributed by atoms with Crippen molar-refractivity contribution < 1.29 is 19.8 Å². The van der Waals surface area contributed by atoms with Crippen LogP contribution in [0.3, 0.4) is 0 Å². The highest BCUT2D eigenvalue weighted by Crippen LogP contribution is 2.24. The zero-order chi connectivity index (χ0) is 17.6. The Morgan fingerprint density at radius 3 is 2.52 bits per heavy atom. The average Bonchev–Trinajstić information content (AvgIpc) is 2.96. The molecule has 1 amide bonds.